The first-order valence-corrected chi connectivity index (χ1v) is 11.9. The zero-order valence-corrected chi connectivity index (χ0v) is 20.2. The highest BCUT2D eigenvalue weighted by Gasteiger charge is 2.28. The number of benzene rings is 2. The topological polar surface area (TPSA) is 66.0 Å². The second-order valence-electron chi connectivity index (χ2n) is 9.50. The summed E-state index contributed by atoms with van der Waals surface area (Å²) >= 11 is 6.46. The molecule has 2 aromatic carbocycles. The molecule has 2 unspecified atom stereocenters. The highest BCUT2D eigenvalue weighted by atomic mass is 35.5. The Labute approximate surface area is 200 Å². The molecule has 0 aromatic heterocycles. The van der Waals surface area contributed by atoms with Gasteiger partial charge in [-0.1, -0.05) is 29.8 Å². The maximum atomic E-state index is 12.4. The number of carbonyl (C=O) groups excluding carboxylic acids is 1. The molecule has 6 nitrogen and oxygen atoms in total. The number of ether oxygens (including phenoxy) is 4. The molecule has 2 aliphatic heterocycles. The molecule has 4 rings (SSSR count). The number of fused-ring (bicyclic) bond motifs is 1. The summed E-state index contributed by atoms with van der Waals surface area (Å²) in [4.78, 5) is 12.4. The van der Waals surface area contributed by atoms with Crippen LogP contribution in [-0.4, -0.2) is 37.4 Å². The number of carbonyl (C=O) groups is 1. The van der Waals surface area contributed by atoms with Crippen LogP contribution in [0.2, 0.25) is 5.02 Å². The Hall–Kier alpha value is -2.44. The maximum Gasteiger partial charge on any atom is 0.310 e. The van der Waals surface area contributed by atoms with E-state index in [4.69, 9.17) is 30.5 Å². The highest BCUT2D eigenvalue weighted by molar-refractivity contribution is 6.31. The van der Waals surface area contributed by atoms with Gasteiger partial charge in [0.25, 0.3) is 0 Å². The fraction of sp³-hybridized carbons (Fsp3) is 0.500. The van der Waals surface area contributed by atoms with Crippen LogP contribution in [0.4, 0.5) is 5.69 Å². The largest absolute Gasteiger partial charge is 0.491 e. The molecule has 1 saturated heterocycles. The molecule has 2 heterocycles. The molecule has 2 aromatic rings. The fourth-order valence-electron chi connectivity index (χ4n) is 4.17. The number of halogens is 1. The van der Waals surface area contributed by atoms with Gasteiger partial charge in [0.15, 0.2) is 0 Å². The quantitative estimate of drug-likeness (QED) is 0.519. The minimum absolute atomic E-state index is 0.146. The fourth-order valence-corrected chi connectivity index (χ4v) is 4.40. The molecule has 2 aliphatic rings. The third-order valence-corrected chi connectivity index (χ3v) is 5.81. The van der Waals surface area contributed by atoms with E-state index < -0.39 is 5.60 Å². The van der Waals surface area contributed by atoms with E-state index in [0.29, 0.717) is 30.3 Å². The zero-order valence-electron chi connectivity index (χ0n) is 19.5. The molecule has 0 saturated carbocycles. The molecule has 33 heavy (non-hydrogen) atoms. The van der Waals surface area contributed by atoms with Crippen molar-refractivity contribution >= 4 is 23.3 Å². The first-order chi connectivity index (χ1) is 15.8. The lowest BCUT2D eigenvalue weighted by molar-refractivity contribution is -0.153. The van der Waals surface area contributed by atoms with Gasteiger partial charge in [-0.15, -0.1) is 0 Å². The van der Waals surface area contributed by atoms with Crippen molar-refractivity contribution in [2.45, 2.75) is 64.3 Å². The molecule has 178 valence electrons. The van der Waals surface area contributed by atoms with Crippen LogP contribution in [-0.2, 0) is 20.7 Å². The van der Waals surface area contributed by atoms with Gasteiger partial charge in [-0.05, 0) is 51.8 Å². The Morgan fingerprint density at radius 1 is 1.18 bits per heavy atom. The van der Waals surface area contributed by atoms with E-state index in [0.717, 1.165) is 42.0 Å². The summed E-state index contributed by atoms with van der Waals surface area (Å²) in [5.74, 6) is 1.14. The van der Waals surface area contributed by atoms with Crippen molar-refractivity contribution in [1.82, 2.24) is 0 Å². The van der Waals surface area contributed by atoms with E-state index in [1.165, 1.54) is 0 Å². The number of para-hydroxylation sites is 1. The van der Waals surface area contributed by atoms with Crippen molar-refractivity contribution in [1.29, 1.82) is 0 Å². The van der Waals surface area contributed by atoms with Crippen LogP contribution in [0.3, 0.4) is 0 Å². The number of hydrogen-bond donors (Lipinski definition) is 1. The summed E-state index contributed by atoms with van der Waals surface area (Å²) in [5.41, 5.74) is 2.01. The Morgan fingerprint density at radius 3 is 2.76 bits per heavy atom. The molecule has 0 spiro atoms. The summed E-state index contributed by atoms with van der Waals surface area (Å²) in [5, 5.41) is 4.06. The van der Waals surface area contributed by atoms with Crippen LogP contribution in [0.1, 0.15) is 57.3 Å². The van der Waals surface area contributed by atoms with Gasteiger partial charge in [-0.25, -0.2) is 0 Å². The average Bonchev–Trinajstić information content (AvgIpc) is 3.26. The molecule has 0 aliphatic carbocycles. The van der Waals surface area contributed by atoms with Gasteiger partial charge in [0.1, 0.15) is 23.2 Å². The summed E-state index contributed by atoms with van der Waals surface area (Å²) in [6, 6.07) is 11.4. The lowest BCUT2D eigenvalue weighted by atomic mass is 10.0. The maximum absolute atomic E-state index is 12.4. The molecule has 2 atom stereocenters. The van der Waals surface area contributed by atoms with E-state index in [9.17, 15) is 4.79 Å². The van der Waals surface area contributed by atoms with Crippen molar-refractivity contribution in [2.24, 2.45) is 0 Å². The third kappa shape index (κ3) is 6.33. The lowest BCUT2D eigenvalue weighted by Crippen LogP contribution is -2.25. The van der Waals surface area contributed by atoms with Gasteiger partial charge >= 0.3 is 5.97 Å². The number of hydrogen-bond acceptors (Lipinski definition) is 6. The van der Waals surface area contributed by atoms with Crippen LogP contribution in [0.5, 0.6) is 11.5 Å². The summed E-state index contributed by atoms with van der Waals surface area (Å²) in [7, 11) is 0. The van der Waals surface area contributed by atoms with Crippen LogP contribution in [0.25, 0.3) is 0 Å². The second kappa shape index (κ2) is 10.2. The first-order valence-electron chi connectivity index (χ1n) is 11.6. The van der Waals surface area contributed by atoms with Gasteiger partial charge in [0, 0.05) is 35.7 Å². The molecule has 1 fully saturated rings. The number of rotatable bonds is 7. The minimum atomic E-state index is -0.532. The van der Waals surface area contributed by atoms with Crippen LogP contribution in [0, 0.1) is 0 Å². The van der Waals surface area contributed by atoms with E-state index in [1.54, 1.807) is 0 Å². The second-order valence-corrected chi connectivity index (χ2v) is 9.94. The lowest BCUT2D eigenvalue weighted by Gasteiger charge is -2.29. The normalized spacial score (nSPS) is 20.0. The Balaban J connectivity index is 1.52. The molecule has 1 N–H and O–H groups in total. The number of esters is 1. The van der Waals surface area contributed by atoms with Gasteiger partial charge in [-0.2, -0.15) is 0 Å². The SMILES string of the molecule is CC(C)(C)OC(=O)Cc1ccccc1OC1CCOc2c(NCC3CCCO3)cc(Cl)cc21. The Kier molecular flexibility index (Phi) is 7.35. The van der Waals surface area contributed by atoms with Crippen molar-refractivity contribution in [3.05, 3.63) is 52.5 Å². The first kappa shape index (κ1) is 23.7. The van der Waals surface area contributed by atoms with Crippen molar-refractivity contribution < 1.29 is 23.7 Å². The molecule has 7 heteroatoms. The van der Waals surface area contributed by atoms with Gasteiger partial charge in [-0.3, -0.25) is 4.79 Å². The molecular weight excluding hydrogens is 442 g/mol. The monoisotopic (exact) mass is 473 g/mol. The number of nitrogens with one attached hydrogen (secondary N) is 1. The van der Waals surface area contributed by atoms with Crippen molar-refractivity contribution in [2.75, 3.05) is 25.1 Å². The molecule has 0 bridgehead atoms. The molecule has 0 amide bonds. The smallest absolute Gasteiger partial charge is 0.310 e. The van der Waals surface area contributed by atoms with Crippen LogP contribution in [0.15, 0.2) is 36.4 Å². The zero-order chi connectivity index (χ0) is 23.4. The van der Waals surface area contributed by atoms with Crippen LogP contribution < -0.4 is 14.8 Å². The van der Waals surface area contributed by atoms with E-state index in [2.05, 4.69) is 5.32 Å². The third-order valence-electron chi connectivity index (χ3n) is 5.60. The predicted octanol–water partition coefficient (Wildman–Crippen LogP) is 5.72. The molecular formula is C26H32ClNO5. The van der Waals surface area contributed by atoms with Gasteiger partial charge < -0.3 is 24.3 Å². The van der Waals surface area contributed by atoms with Crippen molar-refractivity contribution in [3.63, 3.8) is 0 Å². The van der Waals surface area contributed by atoms with E-state index in [-0.39, 0.29) is 24.6 Å². The van der Waals surface area contributed by atoms with E-state index in [1.807, 2.05) is 57.2 Å². The highest BCUT2D eigenvalue weighted by Crippen LogP contribution is 2.43. The van der Waals surface area contributed by atoms with Gasteiger partial charge in [0.05, 0.1) is 24.8 Å². The average molecular weight is 474 g/mol. The Bertz CT molecular complexity index is 981. The Morgan fingerprint density at radius 2 is 2.00 bits per heavy atom. The summed E-state index contributed by atoms with van der Waals surface area (Å²) in [6.45, 7) is 7.64. The number of anilines is 1. The summed E-state index contributed by atoms with van der Waals surface area (Å²) < 4.78 is 23.7. The standard InChI is InChI=1S/C26H32ClNO5/c1-26(2,3)33-24(29)13-17-7-4-5-9-22(17)32-23-10-12-31-25-20(23)14-18(27)15-21(25)28-16-19-8-6-11-30-19/h4-5,7,9,14-15,19,23,28H,6,8,10-13,16H2,1-3H3. The van der Waals surface area contributed by atoms with E-state index >= 15 is 0 Å². The van der Waals surface area contributed by atoms with Gasteiger partial charge in [0.2, 0.25) is 0 Å². The summed E-state index contributed by atoms with van der Waals surface area (Å²) in [6.07, 6.45) is 2.93. The van der Waals surface area contributed by atoms with Crippen molar-refractivity contribution in [3.8, 4) is 11.5 Å². The molecule has 0 radical (unpaired) electrons. The predicted molar refractivity (Wildman–Crippen MR) is 128 cm³/mol. The minimum Gasteiger partial charge on any atom is -0.491 e. The van der Waals surface area contributed by atoms with Crippen LogP contribution >= 0.6 is 11.6 Å².